The van der Waals surface area contributed by atoms with Gasteiger partial charge in [0.15, 0.2) is 5.15 Å². The lowest BCUT2D eigenvalue weighted by atomic mass is 10.3. The van der Waals surface area contributed by atoms with Gasteiger partial charge in [-0.1, -0.05) is 11.6 Å². The summed E-state index contributed by atoms with van der Waals surface area (Å²) in [6.07, 6.45) is -3.13. The molecule has 0 aliphatic heterocycles. The molecule has 1 unspecified atom stereocenters. The molecule has 1 aromatic rings. The second-order valence-corrected chi connectivity index (χ2v) is 3.85. The Morgan fingerprint density at radius 1 is 1.56 bits per heavy atom. The summed E-state index contributed by atoms with van der Waals surface area (Å²) in [6, 6.07) is 0.551. The number of carbonyl (C=O) groups is 1. The Morgan fingerprint density at radius 2 is 2.22 bits per heavy atom. The number of hydrogen-bond acceptors (Lipinski definition) is 4. The van der Waals surface area contributed by atoms with E-state index in [1.807, 2.05) is 0 Å². The van der Waals surface area contributed by atoms with Crippen LogP contribution in [0.4, 0.5) is 18.9 Å². The number of nitrogens with zero attached hydrogens (tertiary/aromatic N) is 2. The van der Waals surface area contributed by atoms with E-state index in [-0.39, 0.29) is 5.15 Å². The van der Waals surface area contributed by atoms with Crippen LogP contribution in [-0.4, -0.2) is 34.9 Å². The normalized spacial score (nSPS) is 12.9. The van der Waals surface area contributed by atoms with Crippen molar-refractivity contribution in [3.05, 3.63) is 17.4 Å². The van der Waals surface area contributed by atoms with Crippen LogP contribution in [0.25, 0.3) is 0 Å². The fourth-order valence-corrected chi connectivity index (χ4v) is 1.24. The van der Waals surface area contributed by atoms with E-state index in [1.165, 1.54) is 19.2 Å². The Balaban J connectivity index is 2.50. The summed E-state index contributed by atoms with van der Waals surface area (Å²) in [4.78, 5) is 11.3. The molecule has 0 spiro atoms. The van der Waals surface area contributed by atoms with Crippen molar-refractivity contribution in [1.29, 1.82) is 0 Å². The maximum absolute atomic E-state index is 11.9. The van der Waals surface area contributed by atoms with E-state index in [9.17, 15) is 18.0 Å². The maximum atomic E-state index is 11.9. The van der Waals surface area contributed by atoms with Gasteiger partial charge in [-0.05, 0) is 6.92 Å². The summed E-state index contributed by atoms with van der Waals surface area (Å²) in [5.41, 5.74) is 0.393. The third kappa shape index (κ3) is 5.17. The van der Waals surface area contributed by atoms with E-state index < -0.39 is 24.7 Å². The first kappa shape index (κ1) is 14.5. The average molecular weight is 283 g/mol. The number of nitrogens with one attached hydrogen (secondary N) is 2. The topological polar surface area (TPSA) is 66.9 Å². The van der Waals surface area contributed by atoms with Crippen LogP contribution in [0.15, 0.2) is 12.3 Å². The highest BCUT2D eigenvalue weighted by atomic mass is 35.5. The first-order valence-electron chi connectivity index (χ1n) is 4.87. The molecule has 1 aromatic heterocycles. The van der Waals surface area contributed by atoms with Gasteiger partial charge in [0.25, 0.3) is 0 Å². The van der Waals surface area contributed by atoms with Crippen molar-refractivity contribution in [2.75, 3.05) is 11.9 Å². The Bertz CT molecular complexity index is 427. The van der Waals surface area contributed by atoms with Gasteiger partial charge < -0.3 is 10.6 Å². The SMILES string of the molecule is CC(Nc1cnnc(Cl)c1)C(=O)NCC(F)(F)F. The third-order valence-electron chi connectivity index (χ3n) is 1.86. The lowest BCUT2D eigenvalue weighted by Crippen LogP contribution is -2.42. The molecule has 0 aromatic carbocycles. The van der Waals surface area contributed by atoms with Gasteiger partial charge in [0, 0.05) is 6.07 Å². The zero-order valence-corrected chi connectivity index (χ0v) is 10.0. The number of alkyl halides is 3. The van der Waals surface area contributed by atoms with Gasteiger partial charge in [-0.25, -0.2) is 0 Å². The molecule has 0 radical (unpaired) electrons. The largest absolute Gasteiger partial charge is 0.405 e. The number of anilines is 1. The molecule has 0 saturated carbocycles. The van der Waals surface area contributed by atoms with Crippen LogP contribution >= 0.6 is 11.6 Å². The minimum Gasteiger partial charge on any atom is -0.373 e. The molecule has 18 heavy (non-hydrogen) atoms. The summed E-state index contributed by atoms with van der Waals surface area (Å²) >= 11 is 5.57. The third-order valence-corrected chi connectivity index (χ3v) is 2.05. The van der Waals surface area contributed by atoms with Crippen LogP contribution in [0, 0.1) is 0 Å². The van der Waals surface area contributed by atoms with Crippen LogP contribution in [0.1, 0.15) is 6.92 Å². The monoisotopic (exact) mass is 282 g/mol. The van der Waals surface area contributed by atoms with Crippen molar-refractivity contribution in [2.45, 2.75) is 19.1 Å². The van der Waals surface area contributed by atoms with E-state index >= 15 is 0 Å². The summed E-state index contributed by atoms with van der Waals surface area (Å²) < 4.78 is 35.7. The first-order chi connectivity index (χ1) is 8.28. The van der Waals surface area contributed by atoms with Crippen LogP contribution in [0.3, 0.4) is 0 Å². The van der Waals surface area contributed by atoms with E-state index in [0.717, 1.165) is 0 Å². The predicted octanol–water partition coefficient (Wildman–Crippen LogP) is 1.61. The minimum absolute atomic E-state index is 0.114. The van der Waals surface area contributed by atoms with Gasteiger partial charge in [0.05, 0.1) is 11.9 Å². The van der Waals surface area contributed by atoms with Crippen molar-refractivity contribution in [1.82, 2.24) is 15.5 Å². The van der Waals surface area contributed by atoms with Crippen molar-refractivity contribution in [3.63, 3.8) is 0 Å². The summed E-state index contributed by atoms with van der Waals surface area (Å²) in [6.45, 7) is 0.0489. The van der Waals surface area contributed by atoms with Crippen molar-refractivity contribution >= 4 is 23.2 Å². The number of amides is 1. The zero-order chi connectivity index (χ0) is 13.8. The lowest BCUT2D eigenvalue weighted by molar-refractivity contribution is -0.138. The molecule has 100 valence electrons. The molecular formula is C9H10ClF3N4O. The number of halogens is 4. The first-order valence-corrected chi connectivity index (χ1v) is 5.25. The smallest absolute Gasteiger partial charge is 0.373 e. The highest BCUT2D eigenvalue weighted by molar-refractivity contribution is 6.29. The molecule has 9 heteroatoms. The molecule has 0 aliphatic carbocycles. The quantitative estimate of drug-likeness (QED) is 0.880. The van der Waals surface area contributed by atoms with Gasteiger partial charge in [0.1, 0.15) is 12.6 Å². The predicted molar refractivity (Wildman–Crippen MR) is 59.2 cm³/mol. The number of carbonyl (C=O) groups excluding carboxylic acids is 1. The maximum Gasteiger partial charge on any atom is 0.405 e. The summed E-state index contributed by atoms with van der Waals surface area (Å²) in [5.74, 6) is -0.778. The van der Waals surface area contributed by atoms with E-state index in [4.69, 9.17) is 11.6 Å². The van der Waals surface area contributed by atoms with Crippen molar-refractivity contribution in [3.8, 4) is 0 Å². The Hall–Kier alpha value is -1.57. The molecule has 1 atom stereocenters. The van der Waals surface area contributed by atoms with Gasteiger partial charge in [-0.3, -0.25) is 4.79 Å². The summed E-state index contributed by atoms with van der Waals surface area (Å²) in [5, 5.41) is 11.5. The van der Waals surface area contributed by atoms with Crippen molar-refractivity contribution in [2.24, 2.45) is 0 Å². The minimum atomic E-state index is -4.43. The fourth-order valence-electron chi connectivity index (χ4n) is 1.08. The second kappa shape index (κ2) is 5.85. The Morgan fingerprint density at radius 3 is 2.78 bits per heavy atom. The molecular weight excluding hydrogens is 273 g/mol. The molecule has 1 rings (SSSR count). The van der Waals surface area contributed by atoms with Gasteiger partial charge in [0.2, 0.25) is 5.91 Å². The van der Waals surface area contributed by atoms with Crippen LogP contribution in [0.2, 0.25) is 5.15 Å². The molecule has 1 heterocycles. The highest BCUT2D eigenvalue weighted by Gasteiger charge is 2.28. The summed E-state index contributed by atoms with van der Waals surface area (Å²) in [7, 11) is 0. The van der Waals surface area contributed by atoms with E-state index in [0.29, 0.717) is 5.69 Å². The van der Waals surface area contributed by atoms with Gasteiger partial charge >= 0.3 is 6.18 Å². The highest BCUT2D eigenvalue weighted by Crippen LogP contribution is 2.13. The molecule has 0 bridgehead atoms. The van der Waals surface area contributed by atoms with Crippen LogP contribution < -0.4 is 10.6 Å². The number of hydrogen-bond donors (Lipinski definition) is 2. The Labute approximate surface area is 106 Å². The van der Waals surface area contributed by atoms with Gasteiger partial charge in [-0.15, -0.1) is 5.10 Å². The molecule has 2 N–H and O–H groups in total. The van der Waals surface area contributed by atoms with E-state index in [1.54, 1.807) is 5.32 Å². The lowest BCUT2D eigenvalue weighted by Gasteiger charge is -2.15. The average Bonchev–Trinajstić information content (AvgIpc) is 2.24. The van der Waals surface area contributed by atoms with Crippen LogP contribution in [-0.2, 0) is 4.79 Å². The standard InChI is InChI=1S/C9H10ClF3N4O/c1-5(8(18)14-4-9(11,12)13)16-6-2-7(10)17-15-3-6/h2-3,5H,4H2,1H3,(H,14,18)(H,16,17). The molecule has 0 aliphatic rings. The number of rotatable bonds is 4. The fraction of sp³-hybridized carbons (Fsp3) is 0.444. The zero-order valence-electron chi connectivity index (χ0n) is 9.25. The molecule has 1 amide bonds. The Kier molecular flexibility index (Phi) is 4.71. The number of aromatic nitrogens is 2. The van der Waals surface area contributed by atoms with Crippen molar-refractivity contribution < 1.29 is 18.0 Å². The molecule has 5 nitrogen and oxygen atoms in total. The molecule has 0 fully saturated rings. The van der Waals surface area contributed by atoms with Crippen LogP contribution in [0.5, 0.6) is 0 Å². The van der Waals surface area contributed by atoms with Gasteiger partial charge in [-0.2, -0.15) is 18.3 Å². The molecule has 0 saturated heterocycles. The van der Waals surface area contributed by atoms with E-state index in [2.05, 4.69) is 15.5 Å². The second-order valence-electron chi connectivity index (χ2n) is 3.47.